The van der Waals surface area contributed by atoms with Crippen LogP contribution in [-0.4, -0.2) is 23.9 Å². The summed E-state index contributed by atoms with van der Waals surface area (Å²) in [7, 11) is 0. The number of likely N-dealkylation sites (tertiary alicyclic amines) is 1. The maximum Gasteiger partial charge on any atom is 0.252 e. The summed E-state index contributed by atoms with van der Waals surface area (Å²) >= 11 is 0. The second-order valence-corrected chi connectivity index (χ2v) is 5.65. The smallest absolute Gasteiger partial charge is 0.252 e. The Balaban J connectivity index is 2.80. The van der Waals surface area contributed by atoms with Crippen molar-refractivity contribution in [1.82, 2.24) is 4.90 Å². The van der Waals surface area contributed by atoms with E-state index in [0.29, 0.717) is 5.92 Å². The molecule has 0 saturated carbocycles. The average Bonchev–Trinajstić information content (AvgIpc) is 2.58. The van der Waals surface area contributed by atoms with Gasteiger partial charge in [-0.1, -0.05) is 33.8 Å². The van der Waals surface area contributed by atoms with Crippen molar-refractivity contribution in [1.29, 1.82) is 0 Å². The molecule has 0 aromatic rings. The Kier molecular flexibility index (Phi) is 3.74. The maximum absolute atomic E-state index is 12.0. The SMILES string of the molecule is [C-]#[N+]/C(=C\C(C)(C)C)C(=O)N1CC[C@H](C)C1. The molecule has 1 heterocycles. The molecule has 1 atom stereocenters. The predicted octanol–water partition coefficient (Wildman–Crippen LogP) is 2.70. The molecule has 0 aliphatic carbocycles. The van der Waals surface area contributed by atoms with Crippen LogP contribution in [0.4, 0.5) is 0 Å². The zero-order valence-electron chi connectivity index (χ0n) is 10.6. The largest absolute Gasteiger partial charge is 0.348 e. The molecule has 0 N–H and O–H groups in total. The van der Waals surface area contributed by atoms with E-state index < -0.39 is 0 Å². The lowest BCUT2D eigenvalue weighted by atomic mass is 9.95. The summed E-state index contributed by atoms with van der Waals surface area (Å²) in [6.07, 6.45) is 2.82. The Labute approximate surface area is 97.9 Å². The van der Waals surface area contributed by atoms with Gasteiger partial charge in [0.05, 0.1) is 6.57 Å². The molecule has 3 heteroatoms. The van der Waals surface area contributed by atoms with Gasteiger partial charge in [-0.25, -0.2) is 4.85 Å². The van der Waals surface area contributed by atoms with Crippen molar-refractivity contribution in [2.45, 2.75) is 34.1 Å². The van der Waals surface area contributed by atoms with Gasteiger partial charge in [0.1, 0.15) is 0 Å². The molecule has 0 aromatic heterocycles. The minimum Gasteiger partial charge on any atom is -0.348 e. The van der Waals surface area contributed by atoms with E-state index in [0.717, 1.165) is 19.5 Å². The first kappa shape index (κ1) is 12.8. The minimum absolute atomic E-state index is 0.103. The molecule has 1 saturated heterocycles. The van der Waals surface area contributed by atoms with Crippen molar-refractivity contribution in [3.8, 4) is 0 Å². The van der Waals surface area contributed by atoms with Crippen molar-refractivity contribution in [2.24, 2.45) is 11.3 Å². The molecule has 1 aliphatic heterocycles. The van der Waals surface area contributed by atoms with Gasteiger partial charge in [0.2, 0.25) is 5.70 Å². The van der Waals surface area contributed by atoms with Crippen LogP contribution < -0.4 is 0 Å². The van der Waals surface area contributed by atoms with E-state index in [1.165, 1.54) is 0 Å². The van der Waals surface area contributed by atoms with Gasteiger partial charge >= 0.3 is 0 Å². The fraction of sp³-hybridized carbons (Fsp3) is 0.692. The molecule has 0 radical (unpaired) electrons. The summed E-state index contributed by atoms with van der Waals surface area (Å²) in [5.41, 5.74) is 0.141. The maximum atomic E-state index is 12.0. The Bertz CT molecular complexity index is 344. The summed E-state index contributed by atoms with van der Waals surface area (Å²) in [5, 5.41) is 0. The highest BCUT2D eigenvalue weighted by atomic mass is 16.2. The van der Waals surface area contributed by atoms with Crippen molar-refractivity contribution < 1.29 is 4.79 Å². The second kappa shape index (κ2) is 4.69. The van der Waals surface area contributed by atoms with Crippen LogP contribution in [0.3, 0.4) is 0 Å². The quantitative estimate of drug-likeness (QED) is 0.492. The molecule has 0 unspecified atom stereocenters. The van der Waals surface area contributed by atoms with E-state index in [1.807, 2.05) is 20.8 Å². The molecule has 0 spiro atoms. The average molecular weight is 220 g/mol. The lowest BCUT2D eigenvalue weighted by molar-refractivity contribution is -0.126. The molecular formula is C13H20N2O. The normalized spacial score (nSPS) is 22.1. The van der Waals surface area contributed by atoms with Gasteiger partial charge < -0.3 is 4.90 Å². The van der Waals surface area contributed by atoms with Crippen LogP contribution in [0, 0.1) is 17.9 Å². The Morgan fingerprint density at radius 3 is 2.50 bits per heavy atom. The third-order valence-electron chi connectivity index (χ3n) is 2.62. The van der Waals surface area contributed by atoms with E-state index >= 15 is 0 Å². The van der Waals surface area contributed by atoms with Crippen molar-refractivity contribution in [3.63, 3.8) is 0 Å². The Morgan fingerprint density at radius 1 is 1.50 bits per heavy atom. The highest BCUT2D eigenvalue weighted by molar-refractivity contribution is 5.95. The number of carbonyl (C=O) groups is 1. The summed E-state index contributed by atoms with van der Waals surface area (Å²) in [4.78, 5) is 17.2. The van der Waals surface area contributed by atoms with E-state index in [1.54, 1.807) is 11.0 Å². The molecule has 1 fully saturated rings. The zero-order valence-corrected chi connectivity index (χ0v) is 10.6. The molecule has 0 aromatic carbocycles. The fourth-order valence-corrected chi connectivity index (χ4v) is 1.83. The summed E-state index contributed by atoms with van der Waals surface area (Å²) in [6, 6.07) is 0. The fourth-order valence-electron chi connectivity index (χ4n) is 1.83. The molecular weight excluding hydrogens is 200 g/mol. The van der Waals surface area contributed by atoms with E-state index in [-0.39, 0.29) is 17.0 Å². The number of hydrogen-bond donors (Lipinski definition) is 0. The van der Waals surface area contributed by atoms with Gasteiger partial charge in [-0.05, 0) is 17.8 Å². The van der Waals surface area contributed by atoms with Gasteiger partial charge in [0, 0.05) is 13.1 Å². The summed E-state index contributed by atoms with van der Waals surface area (Å²) < 4.78 is 0. The van der Waals surface area contributed by atoms with Crippen molar-refractivity contribution in [2.75, 3.05) is 13.1 Å². The monoisotopic (exact) mass is 220 g/mol. The number of allylic oxidation sites excluding steroid dienone is 1. The van der Waals surface area contributed by atoms with Crippen LogP contribution in [0.5, 0.6) is 0 Å². The van der Waals surface area contributed by atoms with Gasteiger partial charge in [-0.3, -0.25) is 4.79 Å². The van der Waals surface area contributed by atoms with Gasteiger partial charge in [0.25, 0.3) is 5.91 Å². The van der Waals surface area contributed by atoms with Crippen LogP contribution in [0.1, 0.15) is 34.1 Å². The summed E-state index contributed by atoms with van der Waals surface area (Å²) in [6.45, 7) is 16.8. The highest BCUT2D eigenvalue weighted by Crippen LogP contribution is 2.22. The lowest BCUT2D eigenvalue weighted by Gasteiger charge is -2.18. The Hall–Kier alpha value is -1.30. The van der Waals surface area contributed by atoms with Crippen LogP contribution in [0.2, 0.25) is 0 Å². The predicted molar refractivity (Wildman–Crippen MR) is 64.5 cm³/mol. The lowest BCUT2D eigenvalue weighted by Crippen LogP contribution is -2.29. The second-order valence-electron chi connectivity index (χ2n) is 5.65. The van der Waals surface area contributed by atoms with Crippen LogP contribution >= 0.6 is 0 Å². The molecule has 0 bridgehead atoms. The molecule has 3 nitrogen and oxygen atoms in total. The number of amides is 1. The standard InChI is InChI=1S/C13H20N2O/c1-10-6-7-15(9-10)12(16)11(14-5)8-13(2,3)4/h8,10H,6-7,9H2,1-4H3/b11-8-/t10-/m0/s1. The van der Waals surface area contributed by atoms with Crippen LogP contribution in [-0.2, 0) is 4.79 Å². The molecule has 88 valence electrons. The first-order valence-electron chi connectivity index (χ1n) is 5.73. The highest BCUT2D eigenvalue weighted by Gasteiger charge is 2.26. The van der Waals surface area contributed by atoms with E-state index in [9.17, 15) is 4.79 Å². The third-order valence-corrected chi connectivity index (χ3v) is 2.62. The van der Waals surface area contributed by atoms with Crippen molar-refractivity contribution in [3.05, 3.63) is 23.2 Å². The number of hydrogen-bond acceptors (Lipinski definition) is 1. The number of rotatable bonds is 1. The first-order valence-corrected chi connectivity index (χ1v) is 5.73. The van der Waals surface area contributed by atoms with Gasteiger partial charge in [-0.2, -0.15) is 0 Å². The van der Waals surface area contributed by atoms with Gasteiger partial charge in [0.15, 0.2) is 0 Å². The topological polar surface area (TPSA) is 24.7 Å². The van der Waals surface area contributed by atoms with E-state index in [2.05, 4.69) is 11.8 Å². The third kappa shape index (κ3) is 3.37. The molecule has 1 rings (SSSR count). The zero-order chi connectivity index (χ0) is 12.3. The van der Waals surface area contributed by atoms with Crippen molar-refractivity contribution >= 4 is 5.91 Å². The van der Waals surface area contributed by atoms with Gasteiger partial charge in [-0.15, -0.1) is 0 Å². The van der Waals surface area contributed by atoms with Crippen LogP contribution in [0.15, 0.2) is 11.8 Å². The molecule has 1 amide bonds. The minimum atomic E-state index is -0.124. The van der Waals surface area contributed by atoms with E-state index in [4.69, 9.17) is 6.57 Å². The Morgan fingerprint density at radius 2 is 2.12 bits per heavy atom. The van der Waals surface area contributed by atoms with Crippen LogP contribution in [0.25, 0.3) is 4.85 Å². The number of nitrogens with zero attached hydrogens (tertiary/aromatic N) is 2. The summed E-state index contributed by atoms with van der Waals surface area (Å²) in [5.74, 6) is 0.458. The molecule has 1 aliphatic rings. The number of carbonyl (C=O) groups excluding carboxylic acids is 1. The first-order chi connectivity index (χ1) is 7.33. The molecule has 16 heavy (non-hydrogen) atoms.